The summed E-state index contributed by atoms with van der Waals surface area (Å²) in [6.45, 7) is 4.00. The van der Waals surface area contributed by atoms with Crippen LogP contribution >= 0.6 is 24.0 Å². The second-order valence-corrected chi connectivity index (χ2v) is 6.76. The average Bonchev–Trinajstić information content (AvgIpc) is 3.13. The Morgan fingerprint density at radius 1 is 1.07 bits per heavy atom. The van der Waals surface area contributed by atoms with E-state index in [4.69, 9.17) is 15.2 Å². The molecule has 3 heterocycles. The normalized spacial score (nSPS) is 16.3. The van der Waals surface area contributed by atoms with E-state index < -0.39 is 0 Å². The molecule has 150 valence electrons. The van der Waals surface area contributed by atoms with Crippen molar-refractivity contribution >= 4 is 41.4 Å². The first kappa shape index (κ1) is 20.5. The molecule has 2 aromatic rings. The molecule has 3 N–H and O–H groups in total. The Morgan fingerprint density at radius 2 is 1.86 bits per heavy atom. The van der Waals surface area contributed by atoms with Gasteiger partial charge in [-0.3, -0.25) is 0 Å². The van der Waals surface area contributed by atoms with Crippen molar-refractivity contribution in [1.29, 1.82) is 0 Å². The molecule has 0 unspecified atom stereocenters. The van der Waals surface area contributed by atoms with Crippen LogP contribution in [0.5, 0.6) is 11.5 Å². The van der Waals surface area contributed by atoms with Gasteiger partial charge in [0.1, 0.15) is 5.82 Å². The van der Waals surface area contributed by atoms with Crippen molar-refractivity contribution in [1.82, 2.24) is 4.98 Å². The number of fused-ring (bicyclic) bond motifs is 1. The maximum absolute atomic E-state index is 6.03. The smallest absolute Gasteiger partial charge is 0.193 e. The Labute approximate surface area is 182 Å². The Bertz CT molecular complexity index is 807. The molecule has 0 spiro atoms. The van der Waals surface area contributed by atoms with Crippen molar-refractivity contribution in [3.8, 4) is 11.5 Å². The number of guanidine groups is 1. The molecule has 0 saturated carbocycles. The topological polar surface area (TPSA) is 85.0 Å². The van der Waals surface area contributed by atoms with E-state index in [1.807, 2.05) is 24.4 Å². The van der Waals surface area contributed by atoms with Crippen LogP contribution in [0.25, 0.3) is 0 Å². The summed E-state index contributed by atoms with van der Waals surface area (Å²) in [6.07, 6.45) is 5.25. The van der Waals surface area contributed by atoms with E-state index in [0.29, 0.717) is 25.7 Å². The van der Waals surface area contributed by atoms with Crippen molar-refractivity contribution in [2.45, 2.75) is 25.8 Å². The first-order chi connectivity index (χ1) is 13.3. The number of aliphatic imine (C=N–C) groups is 1. The van der Waals surface area contributed by atoms with Gasteiger partial charge in [0.25, 0.3) is 0 Å². The number of hydrogen-bond acceptors (Lipinski definition) is 5. The summed E-state index contributed by atoms with van der Waals surface area (Å²) in [5.74, 6) is 2.89. The Morgan fingerprint density at radius 3 is 2.61 bits per heavy atom. The molecule has 0 amide bonds. The van der Waals surface area contributed by atoms with E-state index in [1.54, 1.807) is 0 Å². The number of benzene rings is 1. The van der Waals surface area contributed by atoms with Crippen LogP contribution in [0.1, 0.15) is 24.8 Å². The number of halogens is 1. The van der Waals surface area contributed by atoms with E-state index >= 15 is 0 Å². The van der Waals surface area contributed by atoms with Crippen LogP contribution in [0.4, 0.5) is 11.5 Å². The van der Waals surface area contributed by atoms with Gasteiger partial charge >= 0.3 is 0 Å². The second kappa shape index (κ2) is 9.81. The summed E-state index contributed by atoms with van der Waals surface area (Å²) < 4.78 is 11.3. The number of ether oxygens (including phenoxy) is 2. The third kappa shape index (κ3) is 5.18. The van der Waals surface area contributed by atoms with Crippen LogP contribution in [0.3, 0.4) is 0 Å². The van der Waals surface area contributed by atoms with Crippen LogP contribution in [-0.2, 0) is 6.54 Å². The van der Waals surface area contributed by atoms with Gasteiger partial charge < -0.3 is 25.4 Å². The standard InChI is InChI=1S/C20H25N5O2.HI/c21-20(24-16-5-6-17-18(12-16)27-11-3-10-26-17)23-14-15-4-7-19(22-13-15)25-8-1-2-9-25;/h4-7,12-13H,1-3,8-11,14H2,(H3,21,23,24);1H. The highest BCUT2D eigenvalue weighted by molar-refractivity contribution is 14.0. The first-order valence-corrected chi connectivity index (χ1v) is 9.44. The number of hydrogen-bond donors (Lipinski definition) is 2. The molecule has 7 nitrogen and oxygen atoms in total. The highest BCUT2D eigenvalue weighted by atomic mass is 127. The maximum Gasteiger partial charge on any atom is 0.193 e. The molecule has 28 heavy (non-hydrogen) atoms. The van der Waals surface area contributed by atoms with E-state index in [9.17, 15) is 0 Å². The first-order valence-electron chi connectivity index (χ1n) is 9.44. The molecule has 1 saturated heterocycles. The fourth-order valence-electron chi connectivity index (χ4n) is 3.25. The predicted octanol–water partition coefficient (Wildman–Crippen LogP) is 3.39. The third-order valence-corrected chi connectivity index (χ3v) is 4.69. The number of nitrogens with zero attached hydrogens (tertiary/aromatic N) is 3. The molecule has 1 fully saturated rings. The number of anilines is 2. The van der Waals surface area contributed by atoms with E-state index in [0.717, 1.165) is 48.1 Å². The van der Waals surface area contributed by atoms with Crippen molar-refractivity contribution < 1.29 is 9.47 Å². The summed E-state index contributed by atoms with van der Waals surface area (Å²) >= 11 is 0. The molecule has 1 aromatic heterocycles. The Balaban J connectivity index is 0.00000225. The largest absolute Gasteiger partial charge is 0.490 e. The van der Waals surface area contributed by atoms with Crippen LogP contribution in [-0.4, -0.2) is 37.2 Å². The predicted molar refractivity (Wildman–Crippen MR) is 122 cm³/mol. The van der Waals surface area contributed by atoms with Crippen molar-refractivity contribution in [2.24, 2.45) is 10.7 Å². The maximum atomic E-state index is 6.03. The van der Waals surface area contributed by atoms with Crippen LogP contribution in [0.2, 0.25) is 0 Å². The van der Waals surface area contributed by atoms with Gasteiger partial charge in [0.05, 0.1) is 19.8 Å². The minimum atomic E-state index is 0. The number of nitrogens with two attached hydrogens (primary N) is 1. The molecule has 2 aliphatic rings. The molecule has 0 atom stereocenters. The molecule has 0 aliphatic carbocycles. The van der Waals surface area contributed by atoms with Crippen molar-refractivity contribution in [3.05, 3.63) is 42.1 Å². The molecule has 0 radical (unpaired) electrons. The second-order valence-electron chi connectivity index (χ2n) is 6.76. The zero-order chi connectivity index (χ0) is 18.5. The van der Waals surface area contributed by atoms with Crippen LogP contribution < -0.4 is 25.4 Å². The fraction of sp³-hybridized carbons (Fsp3) is 0.400. The number of nitrogens with one attached hydrogen (secondary N) is 1. The van der Waals surface area contributed by atoms with Crippen molar-refractivity contribution in [3.63, 3.8) is 0 Å². The lowest BCUT2D eigenvalue weighted by atomic mass is 10.2. The van der Waals surface area contributed by atoms with Gasteiger partial charge in [0, 0.05) is 37.5 Å². The van der Waals surface area contributed by atoms with E-state index in [1.165, 1.54) is 12.8 Å². The number of aromatic nitrogens is 1. The van der Waals surface area contributed by atoms with Gasteiger partial charge in [-0.15, -0.1) is 24.0 Å². The molecule has 4 rings (SSSR count). The summed E-state index contributed by atoms with van der Waals surface area (Å²) in [5.41, 5.74) is 7.88. The molecule has 2 aliphatic heterocycles. The molecular formula is C20H26IN5O2. The van der Waals surface area contributed by atoms with Gasteiger partial charge in [-0.2, -0.15) is 0 Å². The fourth-order valence-corrected chi connectivity index (χ4v) is 3.25. The SMILES string of the molecule is I.NC(=NCc1ccc(N2CCCC2)nc1)Nc1ccc2c(c1)OCCCO2. The van der Waals surface area contributed by atoms with Gasteiger partial charge in [-0.1, -0.05) is 6.07 Å². The average molecular weight is 495 g/mol. The van der Waals surface area contributed by atoms with E-state index in [-0.39, 0.29) is 24.0 Å². The summed E-state index contributed by atoms with van der Waals surface area (Å²) in [6, 6.07) is 9.80. The number of rotatable bonds is 4. The monoisotopic (exact) mass is 495 g/mol. The lowest BCUT2D eigenvalue weighted by Crippen LogP contribution is -2.22. The van der Waals surface area contributed by atoms with Gasteiger partial charge in [-0.25, -0.2) is 9.98 Å². The Kier molecular flexibility index (Phi) is 7.18. The summed E-state index contributed by atoms with van der Waals surface area (Å²) in [7, 11) is 0. The summed E-state index contributed by atoms with van der Waals surface area (Å²) in [5, 5.41) is 3.10. The lowest BCUT2D eigenvalue weighted by molar-refractivity contribution is 0.297. The zero-order valence-corrected chi connectivity index (χ0v) is 18.1. The Hall–Kier alpha value is -2.23. The lowest BCUT2D eigenvalue weighted by Gasteiger charge is -2.16. The summed E-state index contributed by atoms with van der Waals surface area (Å²) in [4.78, 5) is 11.3. The minimum absolute atomic E-state index is 0. The molecular weight excluding hydrogens is 469 g/mol. The van der Waals surface area contributed by atoms with Crippen LogP contribution in [0, 0.1) is 0 Å². The van der Waals surface area contributed by atoms with Gasteiger partial charge in [0.2, 0.25) is 0 Å². The third-order valence-electron chi connectivity index (χ3n) is 4.69. The zero-order valence-electron chi connectivity index (χ0n) is 15.8. The molecule has 0 bridgehead atoms. The quantitative estimate of drug-likeness (QED) is 0.385. The number of pyridine rings is 1. The van der Waals surface area contributed by atoms with Crippen molar-refractivity contribution in [2.75, 3.05) is 36.5 Å². The van der Waals surface area contributed by atoms with Crippen LogP contribution in [0.15, 0.2) is 41.5 Å². The van der Waals surface area contributed by atoms with Gasteiger partial charge in [-0.05, 0) is 36.6 Å². The highest BCUT2D eigenvalue weighted by Gasteiger charge is 2.13. The minimum Gasteiger partial charge on any atom is -0.490 e. The molecule has 8 heteroatoms. The van der Waals surface area contributed by atoms with Gasteiger partial charge in [0.15, 0.2) is 17.5 Å². The highest BCUT2D eigenvalue weighted by Crippen LogP contribution is 2.32. The molecule has 1 aromatic carbocycles. The van der Waals surface area contributed by atoms with E-state index in [2.05, 4.69) is 32.3 Å².